The molecule has 5 heteroatoms. The van der Waals surface area contributed by atoms with E-state index in [9.17, 15) is 9.18 Å². The van der Waals surface area contributed by atoms with Gasteiger partial charge in [-0.25, -0.2) is 4.39 Å². The molecular formula is C22H33FO4. The first-order chi connectivity index (χ1) is 12.8. The molecule has 27 heavy (non-hydrogen) atoms. The van der Waals surface area contributed by atoms with Crippen molar-refractivity contribution in [2.24, 2.45) is 5.92 Å². The van der Waals surface area contributed by atoms with Gasteiger partial charge in [0.15, 0.2) is 0 Å². The van der Waals surface area contributed by atoms with Crippen LogP contribution in [0.1, 0.15) is 58.4 Å². The van der Waals surface area contributed by atoms with Crippen molar-refractivity contribution in [2.45, 2.75) is 77.2 Å². The number of halogens is 1. The van der Waals surface area contributed by atoms with Crippen LogP contribution < -0.4 is 4.74 Å². The summed E-state index contributed by atoms with van der Waals surface area (Å²) in [4.78, 5) is 12.0. The molecule has 0 aliphatic carbocycles. The standard InChI is InChI=1S/C22H33FO4/c1-16-21(26-14-13-22(2,3)23)18(7-5-6-8-20(24)27-16)15-17-9-11-19(25-4)12-10-17/h9-12,16,18,21H,5-8,13-15H2,1-4H3/t16-,18+,21-/m0/s1. The second-order valence-electron chi connectivity index (χ2n) is 8.06. The van der Waals surface area contributed by atoms with Crippen molar-refractivity contribution < 1.29 is 23.4 Å². The van der Waals surface area contributed by atoms with Gasteiger partial charge in [-0.15, -0.1) is 0 Å². The van der Waals surface area contributed by atoms with Crippen LogP contribution in [0.5, 0.6) is 5.75 Å². The second-order valence-corrected chi connectivity index (χ2v) is 8.06. The Labute approximate surface area is 162 Å². The van der Waals surface area contributed by atoms with Crippen LogP contribution >= 0.6 is 0 Å². The zero-order valence-electron chi connectivity index (χ0n) is 17.0. The Kier molecular flexibility index (Phi) is 8.08. The smallest absolute Gasteiger partial charge is 0.306 e. The Morgan fingerprint density at radius 1 is 1.22 bits per heavy atom. The molecule has 3 atom stereocenters. The summed E-state index contributed by atoms with van der Waals surface area (Å²) in [5.41, 5.74) is -0.0813. The van der Waals surface area contributed by atoms with Crippen molar-refractivity contribution in [3.63, 3.8) is 0 Å². The SMILES string of the molecule is COc1ccc(C[C@H]2CCCCC(=O)O[C@@H](C)[C@@H]2OCCC(C)(C)F)cc1. The maximum Gasteiger partial charge on any atom is 0.306 e. The molecule has 0 spiro atoms. The number of alkyl halides is 1. The number of benzene rings is 1. The Balaban J connectivity index is 2.13. The number of rotatable bonds is 7. The molecule has 1 aliphatic heterocycles. The van der Waals surface area contributed by atoms with E-state index in [1.165, 1.54) is 5.56 Å². The van der Waals surface area contributed by atoms with Gasteiger partial charge in [-0.05, 0) is 63.6 Å². The first-order valence-electron chi connectivity index (χ1n) is 9.91. The van der Waals surface area contributed by atoms with E-state index in [1.807, 2.05) is 19.1 Å². The van der Waals surface area contributed by atoms with Gasteiger partial charge < -0.3 is 14.2 Å². The van der Waals surface area contributed by atoms with Crippen LogP contribution in [0.2, 0.25) is 0 Å². The quantitative estimate of drug-likeness (QED) is 0.632. The fraction of sp³-hybridized carbons (Fsp3) is 0.682. The summed E-state index contributed by atoms with van der Waals surface area (Å²) in [6.45, 7) is 5.31. The molecule has 1 aromatic carbocycles. The number of methoxy groups -OCH3 is 1. The second kappa shape index (κ2) is 10.1. The lowest BCUT2D eigenvalue weighted by molar-refractivity contribution is -0.159. The van der Waals surface area contributed by atoms with Crippen LogP contribution in [0.15, 0.2) is 24.3 Å². The van der Waals surface area contributed by atoms with Gasteiger partial charge in [0.1, 0.15) is 17.5 Å². The maximum atomic E-state index is 13.9. The number of hydrogen-bond donors (Lipinski definition) is 0. The first-order valence-corrected chi connectivity index (χ1v) is 9.91. The van der Waals surface area contributed by atoms with Crippen LogP contribution in [-0.4, -0.2) is 37.6 Å². The highest BCUT2D eigenvalue weighted by Crippen LogP contribution is 2.28. The third-order valence-corrected chi connectivity index (χ3v) is 5.11. The molecule has 0 N–H and O–H groups in total. The zero-order valence-corrected chi connectivity index (χ0v) is 17.0. The van der Waals surface area contributed by atoms with E-state index in [2.05, 4.69) is 12.1 Å². The van der Waals surface area contributed by atoms with Gasteiger partial charge in [-0.3, -0.25) is 4.79 Å². The highest BCUT2D eigenvalue weighted by atomic mass is 19.1. The third-order valence-electron chi connectivity index (χ3n) is 5.11. The highest BCUT2D eigenvalue weighted by molar-refractivity contribution is 5.69. The van der Waals surface area contributed by atoms with Crippen LogP contribution in [0, 0.1) is 5.92 Å². The molecule has 0 saturated carbocycles. The van der Waals surface area contributed by atoms with Gasteiger partial charge in [0.25, 0.3) is 0 Å². The normalized spacial score (nSPS) is 24.5. The van der Waals surface area contributed by atoms with Gasteiger partial charge >= 0.3 is 5.97 Å². The number of carbonyl (C=O) groups excluding carboxylic acids is 1. The van der Waals surface area contributed by atoms with Gasteiger partial charge in [0.05, 0.1) is 19.8 Å². The van der Waals surface area contributed by atoms with Crippen molar-refractivity contribution in [3.05, 3.63) is 29.8 Å². The van der Waals surface area contributed by atoms with Crippen LogP contribution in [0.3, 0.4) is 0 Å². The lowest BCUT2D eigenvalue weighted by atomic mass is 9.87. The molecule has 0 amide bonds. The summed E-state index contributed by atoms with van der Waals surface area (Å²) in [7, 11) is 1.65. The van der Waals surface area contributed by atoms with Gasteiger partial charge in [0.2, 0.25) is 0 Å². The number of cyclic esters (lactones) is 1. The van der Waals surface area contributed by atoms with E-state index in [-0.39, 0.29) is 24.1 Å². The lowest BCUT2D eigenvalue weighted by Gasteiger charge is -2.32. The van der Waals surface area contributed by atoms with Crippen molar-refractivity contribution in [3.8, 4) is 5.75 Å². The number of ether oxygens (including phenoxy) is 3. The summed E-state index contributed by atoms with van der Waals surface area (Å²) in [6.07, 6.45) is 3.75. The average molecular weight is 381 g/mol. The van der Waals surface area contributed by atoms with Crippen molar-refractivity contribution in [2.75, 3.05) is 13.7 Å². The molecule has 0 aromatic heterocycles. The number of carbonyl (C=O) groups is 1. The number of esters is 1. The number of hydrogen-bond acceptors (Lipinski definition) is 4. The minimum atomic E-state index is -1.27. The Bertz CT molecular complexity index is 579. The molecule has 1 saturated heterocycles. The Hall–Kier alpha value is -1.62. The van der Waals surface area contributed by atoms with Crippen LogP contribution in [0.4, 0.5) is 4.39 Å². The van der Waals surface area contributed by atoms with Crippen LogP contribution in [-0.2, 0) is 20.7 Å². The molecule has 1 aromatic rings. The summed E-state index contributed by atoms with van der Waals surface area (Å²) < 4.78 is 30.8. The molecule has 152 valence electrons. The minimum Gasteiger partial charge on any atom is -0.497 e. The Morgan fingerprint density at radius 3 is 2.56 bits per heavy atom. The molecule has 1 aliphatic rings. The fourth-order valence-corrected chi connectivity index (χ4v) is 3.55. The Morgan fingerprint density at radius 2 is 1.93 bits per heavy atom. The summed E-state index contributed by atoms with van der Waals surface area (Å²) >= 11 is 0. The van der Waals surface area contributed by atoms with E-state index in [0.29, 0.717) is 19.4 Å². The predicted molar refractivity (Wildman–Crippen MR) is 104 cm³/mol. The lowest BCUT2D eigenvalue weighted by Crippen LogP contribution is -2.38. The van der Waals surface area contributed by atoms with Gasteiger partial charge in [-0.2, -0.15) is 0 Å². The van der Waals surface area contributed by atoms with E-state index in [0.717, 1.165) is 31.4 Å². The predicted octanol–water partition coefficient (Wildman–Crippen LogP) is 4.88. The molecule has 1 heterocycles. The van der Waals surface area contributed by atoms with Crippen molar-refractivity contribution >= 4 is 5.97 Å². The van der Waals surface area contributed by atoms with Crippen LogP contribution in [0.25, 0.3) is 0 Å². The first kappa shape index (κ1) is 21.7. The average Bonchev–Trinajstić information content (AvgIpc) is 2.66. The summed E-state index contributed by atoms with van der Waals surface area (Å²) in [5, 5.41) is 0. The molecular weight excluding hydrogens is 347 g/mol. The largest absolute Gasteiger partial charge is 0.497 e. The molecule has 2 rings (SSSR count). The monoisotopic (exact) mass is 380 g/mol. The highest BCUT2D eigenvalue weighted by Gasteiger charge is 2.32. The maximum absolute atomic E-state index is 13.9. The molecule has 4 nitrogen and oxygen atoms in total. The fourth-order valence-electron chi connectivity index (χ4n) is 3.55. The van der Waals surface area contributed by atoms with E-state index in [4.69, 9.17) is 14.2 Å². The van der Waals surface area contributed by atoms with Gasteiger partial charge in [0, 0.05) is 12.8 Å². The van der Waals surface area contributed by atoms with E-state index in [1.54, 1.807) is 21.0 Å². The molecule has 0 unspecified atom stereocenters. The minimum absolute atomic E-state index is 0.174. The molecule has 0 radical (unpaired) electrons. The third kappa shape index (κ3) is 7.49. The summed E-state index contributed by atoms with van der Waals surface area (Å²) in [5.74, 6) is 0.863. The molecule has 0 bridgehead atoms. The topological polar surface area (TPSA) is 44.8 Å². The van der Waals surface area contributed by atoms with Crippen molar-refractivity contribution in [1.82, 2.24) is 0 Å². The van der Waals surface area contributed by atoms with Crippen molar-refractivity contribution in [1.29, 1.82) is 0 Å². The summed E-state index contributed by atoms with van der Waals surface area (Å²) in [6, 6.07) is 8.03. The van der Waals surface area contributed by atoms with E-state index < -0.39 is 5.67 Å². The zero-order chi connectivity index (χ0) is 19.9. The molecule has 1 fully saturated rings. The van der Waals surface area contributed by atoms with Gasteiger partial charge in [-0.1, -0.05) is 18.6 Å². The van der Waals surface area contributed by atoms with E-state index >= 15 is 0 Å².